The Labute approximate surface area is 81.8 Å². The first-order valence-corrected chi connectivity index (χ1v) is 4.83. The van der Waals surface area contributed by atoms with E-state index in [0.29, 0.717) is 0 Å². The molecule has 0 unspecified atom stereocenters. The summed E-state index contributed by atoms with van der Waals surface area (Å²) in [6.07, 6.45) is -3.39. The van der Waals surface area contributed by atoms with Crippen LogP contribution in [0.1, 0.15) is 26.2 Å². The lowest BCUT2D eigenvalue weighted by Crippen LogP contribution is -2.42. The van der Waals surface area contributed by atoms with Crippen LogP contribution in [0.3, 0.4) is 0 Å². The first-order valence-electron chi connectivity index (χ1n) is 4.83. The fourth-order valence-corrected chi connectivity index (χ4v) is 1.51. The van der Waals surface area contributed by atoms with Crippen molar-refractivity contribution >= 4 is 0 Å². The lowest BCUT2D eigenvalue weighted by molar-refractivity contribution is -0.159. The fourth-order valence-electron chi connectivity index (χ4n) is 1.51. The van der Waals surface area contributed by atoms with Gasteiger partial charge in [0.25, 0.3) is 0 Å². The van der Waals surface area contributed by atoms with E-state index in [4.69, 9.17) is 4.74 Å². The Morgan fingerprint density at radius 1 is 1.29 bits per heavy atom. The molecule has 1 heterocycles. The minimum absolute atomic E-state index is 0.222. The van der Waals surface area contributed by atoms with Crippen molar-refractivity contribution in [2.24, 2.45) is 0 Å². The van der Waals surface area contributed by atoms with Crippen molar-refractivity contribution in [1.82, 2.24) is 5.32 Å². The number of ether oxygens (including phenoxy) is 1. The van der Waals surface area contributed by atoms with E-state index in [1.807, 2.05) is 6.92 Å². The van der Waals surface area contributed by atoms with E-state index in [0.717, 1.165) is 25.9 Å². The zero-order valence-corrected chi connectivity index (χ0v) is 8.28. The van der Waals surface area contributed by atoms with Gasteiger partial charge in [-0.25, -0.2) is 0 Å². The van der Waals surface area contributed by atoms with Crippen LogP contribution in [0.2, 0.25) is 0 Å². The third kappa shape index (κ3) is 4.28. The summed E-state index contributed by atoms with van der Waals surface area (Å²) in [6.45, 7) is 3.30. The third-order valence-corrected chi connectivity index (χ3v) is 2.50. The quantitative estimate of drug-likeness (QED) is 0.771. The average molecular weight is 211 g/mol. The molecule has 0 spiro atoms. The third-order valence-electron chi connectivity index (χ3n) is 2.50. The smallest absolute Gasteiger partial charge is 0.375 e. The summed E-state index contributed by atoms with van der Waals surface area (Å²) in [5.41, 5.74) is -0.365. The molecule has 0 amide bonds. The summed E-state index contributed by atoms with van der Waals surface area (Å²) < 4.78 is 40.8. The lowest BCUT2D eigenvalue weighted by Gasteiger charge is -2.34. The molecule has 1 saturated heterocycles. The maximum atomic E-state index is 11.8. The van der Waals surface area contributed by atoms with Crippen molar-refractivity contribution < 1.29 is 17.9 Å². The molecule has 1 aliphatic rings. The summed E-state index contributed by atoms with van der Waals surface area (Å²) in [5.74, 6) is 0. The minimum Gasteiger partial charge on any atom is -0.375 e. The summed E-state index contributed by atoms with van der Waals surface area (Å²) >= 11 is 0. The van der Waals surface area contributed by atoms with E-state index in [1.54, 1.807) is 0 Å². The molecule has 84 valence electrons. The van der Waals surface area contributed by atoms with Gasteiger partial charge in [-0.2, -0.15) is 13.2 Å². The monoisotopic (exact) mass is 211 g/mol. The van der Waals surface area contributed by atoms with Gasteiger partial charge in [0.1, 0.15) is 0 Å². The van der Waals surface area contributed by atoms with E-state index < -0.39 is 12.6 Å². The predicted octanol–water partition coefficient (Wildman–Crippen LogP) is 2.10. The minimum atomic E-state index is -4.11. The number of rotatable bonds is 3. The standard InChI is InChI=1S/C9H16F3NO/c1-8(2-5-13-6-3-8)14-7-4-9(10,11)12/h13H,2-7H2,1H3. The molecular formula is C9H16F3NO. The Kier molecular flexibility index (Phi) is 3.78. The number of piperidine rings is 1. The van der Waals surface area contributed by atoms with Crippen LogP contribution in [0.25, 0.3) is 0 Å². The van der Waals surface area contributed by atoms with Crippen LogP contribution >= 0.6 is 0 Å². The predicted molar refractivity (Wildman–Crippen MR) is 47.1 cm³/mol. The summed E-state index contributed by atoms with van der Waals surface area (Å²) in [4.78, 5) is 0. The largest absolute Gasteiger partial charge is 0.391 e. The molecule has 1 aliphatic heterocycles. The SMILES string of the molecule is CC1(OCCC(F)(F)F)CCNCC1. The van der Waals surface area contributed by atoms with E-state index in [2.05, 4.69) is 5.32 Å². The van der Waals surface area contributed by atoms with Gasteiger partial charge in [-0.1, -0.05) is 0 Å². The van der Waals surface area contributed by atoms with Crippen LogP contribution in [-0.2, 0) is 4.74 Å². The van der Waals surface area contributed by atoms with E-state index in [-0.39, 0.29) is 12.2 Å². The molecule has 2 nitrogen and oxygen atoms in total. The lowest BCUT2D eigenvalue weighted by atomic mass is 9.94. The zero-order chi connectivity index (χ0) is 10.7. The van der Waals surface area contributed by atoms with Crippen molar-refractivity contribution in [1.29, 1.82) is 0 Å². The molecule has 1 rings (SSSR count). The average Bonchev–Trinajstić information content (AvgIpc) is 2.02. The summed E-state index contributed by atoms with van der Waals surface area (Å²) in [7, 11) is 0. The highest BCUT2D eigenvalue weighted by Gasteiger charge is 2.31. The Balaban J connectivity index is 2.22. The topological polar surface area (TPSA) is 21.3 Å². The number of nitrogens with one attached hydrogen (secondary N) is 1. The van der Waals surface area contributed by atoms with Gasteiger partial charge in [0.2, 0.25) is 0 Å². The van der Waals surface area contributed by atoms with Gasteiger partial charge in [-0.05, 0) is 32.9 Å². The normalized spacial score (nSPS) is 22.3. The summed E-state index contributed by atoms with van der Waals surface area (Å²) in [5, 5.41) is 3.14. The molecule has 1 fully saturated rings. The first-order chi connectivity index (χ1) is 6.41. The molecule has 0 saturated carbocycles. The molecule has 0 bridgehead atoms. The number of halogens is 3. The molecule has 1 N–H and O–H groups in total. The van der Waals surface area contributed by atoms with Gasteiger partial charge in [-0.15, -0.1) is 0 Å². The maximum absolute atomic E-state index is 11.8. The van der Waals surface area contributed by atoms with Gasteiger partial charge < -0.3 is 10.1 Å². The fraction of sp³-hybridized carbons (Fsp3) is 1.00. The molecule has 0 radical (unpaired) electrons. The van der Waals surface area contributed by atoms with Gasteiger partial charge in [0.05, 0.1) is 18.6 Å². The van der Waals surface area contributed by atoms with Gasteiger partial charge >= 0.3 is 6.18 Å². The number of hydrogen-bond donors (Lipinski definition) is 1. The van der Waals surface area contributed by atoms with Crippen molar-refractivity contribution in [3.63, 3.8) is 0 Å². The Morgan fingerprint density at radius 2 is 1.86 bits per heavy atom. The molecular weight excluding hydrogens is 195 g/mol. The van der Waals surface area contributed by atoms with Crippen LogP contribution in [-0.4, -0.2) is 31.5 Å². The Morgan fingerprint density at radius 3 is 2.36 bits per heavy atom. The van der Waals surface area contributed by atoms with Gasteiger partial charge in [0.15, 0.2) is 0 Å². The van der Waals surface area contributed by atoms with Crippen LogP contribution in [0.4, 0.5) is 13.2 Å². The molecule has 0 aromatic heterocycles. The van der Waals surface area contributed by atoms with E-state index in [1.165, 1.54) is 0 Å². The van der Waals surface area contributed by atoms with Crippen LogP contribution < -0.4 is 5.32 Å². The number of alkyl halides is 3. The Bertz CT molecular complexity index is 175. The maximum Gasteiger partial charge on any atom is 0.391 e. The highest BCUT2D eigenvalue weighted by molar-refractivity contribution is 4.81. The Hall–Kier alpha value is -0.290. The second kappa shape index (κ2) is 4.49. The number of hydrogen-bond acceptors (Lipinski definition) is 2. The van der Waals surface area contributed by atoms with Crippen molar-refractivity contribution in [2.45, 2.75) is 38.0 Å². The highest BCUT2D eigenvalue weighted by atomic mass is 19.4. The highest BCUT2D eigenvalue weighted by Crippen LogP contribution is 2.25. The van der Waals surface area contributed by atoms with Crippen LogP contribution in [0, 0.1) is 0 Å². The molecule has 0 aromatic rings. The van der Waals surface area contributed by atoms with E-state index >= 15 is 0 Å². The molecule has 0 atom stereocenters. The first kappa shape index (κ1) is 11.8. The van der Waals surface area contributed by atoms with Gasteiger partial charge in [0, 0.05) is 0 Å². The van der Waals surface area contributed by atoms with Crippen LogP contribution in [0.5, 0.6) is 0 Å². The molecule has 14 heavy (non-hydrogen) atoms. The molecule has 5 heteroatoms. The van der Waals surface area contributed by atoms with E-state index in [9.17, 15) is 13.2 Å². The van der Waals surface area contributed by atoms with Gasteiger partial charge in [-0.3, -0.25) is 0 Å². The second-order valence-electron chi connectivity index (χ2n) is 3.91. The molecule has 0 aliphatic carbocycles. The van der Waals surface area contributed by atoms with Crippen molar-refractivity contribution in [2.75, 3.05) is 19.7 Å². The van der Waals surface area contributed by atoms with Crippen LogP contribution in [0.15, 0.2) is 0 Å². The van der Waals surface area contributed by atoms with Crippen molar-refractivity contribution in [3.05, 3.63) is 0 Å². The summed E-state index contributed by atoms with van der Waals surface area (Å²) in [6, 6.07) is 0. The zero-order valence-electron chi connectivity index (χ0n) is 8.28. The second-order valence-corrected chi connectivity index (χ2v) is 3.91. The van der Waals surface area contributed by atoms with Crippen molar-refractivity contribution in [3.8, 4) is 0 Å². The molecule has 0 aromatic carbocycles.